The lowest BCUT2D eigenvalue weighted by molar-refractivity contribution is -0.0903. The largest absolute Gasteiger partial charge is 0.495 e. The zero-order valence-electron chi connectivity index (χ0n) is 20.9. The van der Waals surface area contributed by atoms with E-state index in [9.17, 15) is 13.2 Å². The first-order valence-electron chi connectivity index (χ1n) is 11.7. The van der Waals surface area contributed by atoms with Crippen molar-refractivity contribution in [2.45, 2.75) is 73.0 Å². The highest BCUT2D eigenvalue weighted by Gasteiger charge is 2.35. The van der Waals surface area contributed by atoms with Crippen LogP contribution in [-0.4, -0.2) is 35.8 Å². The minimum atomic E-state index is -4.41. The minimum Gasteiger partial charge on any atom is -0.495 e. The summed E-state index contributed by atoms with van der Waals surface area (Å²) in [7, 11) is 1.74. The third-order valence-electron chi connectivity index (χ3n) is 5.28. The van der Waals surface area contributed by atoms with Gasteiger partial charge in [-0.05, 0) is 44.7 Å². The number of alkyl halides is 3. The van der Waals surface area contributed by atoms with E-state index in [4.69, 9.17) is 10.5 Å². The molecule has 7 heteroatoms. The highest BCUT2D eigenvalue weighted by atomic mass is 19.4. The second-order valence-electron chi connectivity index (χ2n) is 8.00. The number of nitrogens with zero attached hydrogens (tertiary/aromatic N) is 2. The van der Waals surface area contributed by atoms with Gasteiger partial charge in [0.15, 0.2) is 0 Å². The van der Waals surface area contributed by atoms with E-state index in [2.05, 4.69) is 36.7 Å². The molecule has 0 aliphatic carbocycles. The van der Waals surface area contributed by atoms with Crippen LogP contribution in [0.25, 0.3) is 10.9 Å². The van der Waals surface area contributed by atoms with Crippen molar-refractivity contribution in [3.63, 3.8) is 0 Å². The molecule has 2 N–H and O–H groups in total. The Morgan fingerprint density at radius 2 is 1.76 bits per heavy atom. The molecule has 33 heavy (non-hydrogen) atoms. The van der Waals surface area contributed by atoms with Crippen molar-refractivity contribution in [2.24, 2.45) is 5.73 Å². The lowest BCUT2D eigenvalue weighted by Crippen LogP contribution is -2.33. The first-order chi connectivity index (χ1) is 15.7. The number of hydrogen-bond donors (Lipinski definition) is 1. The van der Waals surface area contributed by atoms with Gasteiger partial charge in [0.05, 0.1) is 18.2 Å². The highest BCUT2D eigenvalue weighted by Crippen LogP contribution is 2.30. The van der Waals surface area contributed by atoms with Gasteiger partial charge in [0.2, 0.25) is 0 Å². The average molecular weight is 468 g/mol. The monoisotopic (exact) mass is 467 g/mol. The molecule has 0 radical (unpaired) electrons. The summed E-state index contributed by atoms with van der Waals surface area (Å²) in [6.45, 7) is 11.9. The summed E-state index contributed by atoms with van der Waals surface area (Å²) in [5, 5.41) is 1.30. The van der Waals surface area contributed by atoms with Crippen LogP contribution in [0.3, 0.4) is 0 Å². The van der Waals surface area contributed by atoms with E-state index in [1.165, 1.54) is 35.4 Å². The molecular formula is C26H40F3N3O. The summed E-state index contributed by atoms with van der Waals surface area (Å²) < 4.78 is 46.1. The molecule has 4 nitrogen and oxygen atoms in total. The van der Waals surface area contributed by atoms with Gasteiger partial charge in [0, 0.05) is 31.2 Å². The van der Waals surface area contributed by atoms with Gasteiger partial charge in [-0.1, -0.05) is 51.5 Å². The van der Waals surface area contributed by atoms with Gasteiger partial charge >= 0.3 is 6.18 Å². The average Bonchev–Trinajstić information content (AvgIpc) is 3.11. The molecular weight excluding hydrogens is 427 g/mol. The van der Waals surface area contributed by atoms with Gasteiger partial charge in [0.25, 0.3) is 0 Å². The van der Waals surface area contributed by atoms with Gasteiger partial charge in [0.1, 0.15) is 11.6 Å². The van der Waals surface area contributed by atoms with E-state index < -0.39 is 11.7 Å². The van der Waals surface area contributed by atoms with Crippen molar-refractivity contribution < 1.29 is 17.9 Å². The second kappa shape index (κ2) is 13.9. The van der Waals surface area contributed by atoms with Gasteiger partial charge in [-0.25, -0.2) is 0 Å². The molecule has 0 aliphatic rings. The Morgan fingerprint density at radius 3 is 2.24 bits per heavy atom. The van der Waals surface area contributed by atoms with Gasteiger partial charge < -0.3 is 19.9 Å². The second-order valence-corrected chi connectivity index (χ2v) is 8.00. The molecule has 1 aromatic heterocycles. The fourth-order valence-electron chi connectivity index (χ4n) is 3.73. The number of aromatic nitrogens is 1. The maximum atomic E-state index is 12.8. The Morgan fingerprint density at radius 1 is 1.12 bits per heavy atom. The minimum absolute atomic E-state index is 0.181. The highest BCUT2D eigenvalue weighted by molar-refractivity contribution is 5.88. The number of fused-ring (bicyclic) bond motifs is 1. The third kappa shape index (κ3) is 8.06. The number of methoxy groups -OCH3 is 1. The van der Waals surface area contributed by atoms with Gasteiger partial charge in [-0.3, -0.25) is 0 Å². The number of unbranched alkanes of at least 4 members (excludes halogenated alkanes) is 1. The van der Waals surface area contributed by atoms with Crippen LogP contribution in [0.2, 0.25) is 0 Å². The lowest BCUT2D eigenvalue weighted by Gasteiger charge is -2.26. The number of halogens is 3. The molecule has 186 valence electrons. The maximum absolute atomic E-state index is 12.8. The number of ether oxygens (including phenoxy) is 1. The van der Waals surface area contributed by atoms with E-state index in [1.807, 2.05) is 19.9 Å². The van der Waals surface area contributed by atoms with Crippen molar-refractivity contribution in [3.05, 3.63) is 53.5 Å². The number of para-hydroxylation sites is 1. The van der Waals surface area contributed by atoms with E-state index >= 15 is 0 Å². The van der Waals surface area contributed by atoms with E-state index in [0.29, 0.717) is 13.1 Å². The SMILES string of the molecule is C/C=C\C(=C(/N)N(CCC)CCC)C(F)(F)F.CCCCn1cc(C)c2cccc(OC)c21. The van der Waals surface area contributed by atoms with Crippen LogP contribution in [0.1, 0.15) is 58.9 Å². The fourth-order valence-corrected chi connectivity index (χ4v) is 3.73. The molecule has 0 saturated carbocycles. The number of hydrogen-bond acceptors (Lipinski definition) is 3. The third-order valence-corrected chi connectivity index (χ3v) is 5.28. The molecule has 0 saturated heterocycles. The number of benzene rings is 1. The zero-order valence-corrected chi connectivity index (χ0v) is 20.9. The lowest BCUT2D eigenvalue weighted by atomic mass is 10.2. The number of allylic oxidation sites excluding steroid dienone is 3. The molecule has 0 unspecified atom stereocenters. The summed E-state index contributed by atoms with van der Waals surface area (Å²) >= 11 is 0. The smallest absolute Gasteiger partial charge is 0.419 e. The molecule has 0 fully saturated rings. The first-order valence-corrected chi connectivity index (χ1v) is 11.7. The van der Waals surface area contributed by atoms with Crippen molar-refractivity contribution in [2.75, 3.05) is 20.2 Å². The summed E-state index contributed by atoms with van der Waals surface area (Å²) in [5.74, 6) is 0.793. The molecule has 2 rings (SSSR count). The van der Waals surface area contributed by atoms with E-state index in [0.717, 1.165) is 31.2 Å². The number of nitrogens with two attached hydrogens (primary N) is 1. The van der Waals surface area contributed by atoms with Crippen LogP contribution in [0.4, 0.5) is 13.2 Å². The van der Waals surface area contributed by atoms with E-state index in [1.54, 1.807) is 18.9 Å². The van der Waals surface area contributed by atoms with Gasteiger partial charge in [-0.2, -0.15) is 13.2 Å². The molecule has 2 aromatic rings. The maximum Gasteiger partial charge on any atom is 0.419 e. The van der Waals surface area contributed by atoms with Crippen LogP contribution in [0, 0.1) is 6.92 Å². The van der Waals surface area contributed by atoms with Crippen LogP contribution in [0.15, 0.2) is 47.9 Å². The standard InChI is InChI=1S/C14H19NO.C12H21F3N2/c1-4-5-9-15-10-11(2)12-7-6-8-13(16-3)14(12)15;1-4-7-10(12(13,14)15)11(16)17(8-5-2)9-6-3/h6-8,10H,4-5,9H2,1-3H3;4,7H,5-6,8-9,16H2,1-3H3/b;7-4-,11-10-. The van der Waals surface area contributed by atoms with Crippen LogP contribution >= 0.6 is 0 Å². The van der Waals surface area contributed by atoms with E-state index in [-0.39, 0.29) is 5.82 Å². The van der Waals surface area contributed by atoms with Crippen LogP contribution < -0.4 is 10.5 Å². The Bertz CT molecular complexity index is 907. The normalized spacial score (nSPS) is 12.5. The van der Waals surface area contributed by atoms with Gasteiger partial charge in [-0.15, -0.1) is 0 Å². The van der Waals surface area contributed by atoms with Crippen molar-refractivity contribution in [1.29, 1.82) is 0 Å². The Hall–Kier alpha value is -2.57. The Kier molecular flexibility index (Phi) is 12.0. The van der Waals surface area contributed by atoms with Crippen molar-refractivity contribution in [3.8, 4) is 5.75 Å². The zero-order chi connectivity index (χ0) is 25.0. The Labute approximate surface area is 196 Å². The quantitative estimate of drug-likeness (QED) is 0.377. The topological polar surface area (TPSA) is 43.4 Å². The van der Waals surface area contributed by atoms with Crippen LogP contribution in [0.5, 0.6) is 5.75 Å². The number of aryl methyl sites for hydroxylation is 2. The van der Waals surface area contributed by atoms with Crippen LogP contribution in [-0.2, 0) is 6.54 Å². The Balaban J connectivity index is 0.000000330. The van der Waals surface area contributed by atoms with Crippen molar-refractivity contribution >= 4 is 10.9 Å². The molecule has 1 aromatic carbocycles. The fraction of sp³-hybridized carbons (Fsp3) is 0.538. The summed E-state index contributed by atoms with van der Waals surface area (Å²) in [6, 6.07) is 6.25. The summed E-state index contributed by atoms with van der Waals surface area (Å²) in [4.78, 5) is 1.59. The molecule has 0 atom stereocenters. The molecule has 0 spiro atoms. The predicted octanol–water partition coefficient (Wildman–Crippen LogP) is 7.18. The molecule has 0 aliphatic heterocycles. The summed E-state index contributed by atoms with van der Waals surface area (Å²) in [6.07, 6.45) is 4.15. The molecule has 0 amide bonds. The first kappa shape index (κ1) is 28.5. The predicted molar refractivity (Wildman–Crippen MR) is 132 cm³/mol. The molecule has 0 bridgehead atoms. The summed E-state index contributed by atoms with van der Waals surface area (Å²) in [5.41, 5.74) is 7.44. The van der Waals surface area contributed by atoms with Crippen molar-refractivity contribution in [1.82, 2.24) is 9.47 Å². The number of rotatable bonds is 10. The molecule has 1 heterocycles.